The molecular formula is C30H51N3O4. The van der Waals surface area contributed by atoms with Gasteiger partial charge in [-0.05, 0) is 44.7 Å². The van der Waals surface area contributed by atoms with E-state index in [-0.39, 0.29) is 17.9 Å². The summed E-state index contributed by atoms with van der Waals surface area (Å²) < 4.78 is 0. The molecule has 1 aromatic carbocycles. The standard InChI is InChI=1S/C30H51N3O4/c1-3-4-5-6-7-8-9-13-18-26(35)23-33(22-24(2)34)20-15-14-19-27-29(36)32-28(30(37)31-27)21-25-16-11-10-12-17-25/h10-12,16-17,24,26-28,34-35H,3-9,13-15,18-23H2,1-2H3,(H,31,37)(H,32,36). The van der Waals surface area contributed by atoms with E-state index < -0.39 is 18.2 Å². The number of nitrogens with one attached hydrogen (secondary N) is 2. The lowest BCUT2D eigenvalue weighted by molar-refractivity contribution is -0.136. The maximum Gasteiger partial charge on any atom is 0.243 e. The van der Waals surface area contributed by atoms with Crippen LogP contribution in [0, 0.1) is 0 Å². The van der Waals surface area contributed by atoms with E-state index in [9.17, 15) is 19.8 Å². The highest BCUT2D eigenvalue weighted by atomic mass is 16.3. The summed E-state index contributed by atoms with van der Waals surface area (Å²) in [7, 11) is 0. The number of hydrogen-bond acceptors (Lipinski definition) is 5. The average molecular weight is 518 g/mol. The van der Waals surface area contributed by atoms with Crippen LogP contribution in [0.4, 0.5) is 0 Å². The van der Waals surface area contributed by atoms with E-state index >= 15 is 0 Å². The van der Waals surface area contributed by atoms with Crippen LogP contribution in [0.15, 0.2) is 30.3 Å². The fourth-order valence-corrected chi connectivity index (χ4v) is 5.09. The minimum Gasteiger partial charge on any atom is -0.392 e. The van der Waals surface area contributed by atoms with Crippen molar-refractivity contribution >= 4 is 11.8 Å². The van der Waals surface area contributed by atoms with Crippen molar-refractivity contribution in [2.24, 2.45) is 0 Å². The second-order valence-corrected chi connectivity index (χ2v) is 10.8. The molecule has 4 N–H and O–H groups in total. The third-order valence-electron chi connectivity index (χ3n) is 7.15. The fraction of sp³-hybridized carbons (Fsp3) is 0.733. The maximum atomic E-state index is 12.6. The van der Waals surface area contributed by atoms with Gasteiger partial charge in [0, 0.05) is 19.5 Å². The Kier molecular flexibility index (Phi) is 15.5. The molecule has 0 radical (unpaired) electrons. The zero-order chi connectivity index (χ0) is 26.9. The van der Waals surface area contributed by atoms with E-state index in [0.717, 1.165) is 37.8 Å². The number of nitrogens with zero attached hydrogens (tertiary/aromatic N) is 1. The molecule has 1 aromatic rings. The number of carbonyl (C=O) groups excluding carboxylic acids is 2. The van der Waals surface area contributed by atoms with Gasteiger partial charge >= 0.3 is 0 Å². The van der Waals surface area contributed by atoms with E-state index in [1.165, 1.54) is 44.9 Å². The molecule has 7 nitrogen and oxygen atoms in total. The molecule has 1 aliphatic rings. The first kappa shape index (κ1) is 31.3. The number of hydrogen-bond donors (Lipinski definition) is 4. The predicted molar refractivity (Wildman–Crippen MR) is 149 cm³/mol. The summed E-state index contributed by atoms with van der Waals surface area (Å²) in [5, 5.41) is 26.2. The number of amides is 2. The number of aliphatic hydroxyl groups excluding tert-OH is 2. The summed E-state index contributed by atoms with van der Waals surface area (Å²) in [6.45, 7) is 5.84. The molecule has 1 saturated heterocycles. The van der Waals surface area contributed by atoms with Gasteiger partial charge in [0.2, 0.25) is 11.8 Å². The minimum atomic E-state index is -0.532. The molecule has 0 bridgehead atoms. The number of carbonyl (C=O) groups is 2. The molecule has 4 atom stereocenters. The smallest absolute Gasteiger partial charge is 0.243 e. The topological polar surface area (TPSA) is 102 Å². The highest BCUT2D eigenvalue weighted by Gasteiger charge is 2.33. The van der Waals surface area contributed by atoms with Crippen LogP contribution in [-0.4, -0.2) is 70.9 Å². The predicted octanol–water partition coefficient (Wildman–Crippen LogP) is 3.96. The molecule has 0 saturated carbocycles. The van der Waals surface area contributed by atoms with E-state index in [1.54, 1.807) is 6.92 Å². The van der Waals surface area contributed by atoms with Crippen LogP contribution in [0.3, 0.4) is 0 Å². The van der Waals surface area contributed by atoms with Gasteiger partial charge in [0.1, 0.15) is 12.1 Å². The maximum absolute atomic E-state index is 12.6. The highest BCUT2D eigenvalue weighted by Crippen LogP contribution is 2.13. The van der Waals surface area contributed by atoms with Gasteiger partial charge < -0.3 is 20.8 Å². The Balaban J connectivity index is 1.64. The Labute approximate surface area is 224 Å². The number of benzene rings is 1. The second kappa shape index (κ2) is 18.3. The molecule has 4 unspecified atom stereocenters. The lowest BCUT2D eigenvalue weighted by atomic mass is 10.00. The van der Waals surface area contributed by atoms with Crippen molar-refractivity contribution in [2.45, 2.75) is 122 Å². The Morgan fingerprint density at radius 2 is 1.43 bits per heavy atom. The molecule has 2 amide bonds. The first-order chi connectivity index (χ1) is 17.9. The molecule has 1 heterocycles. The zero-order valence-electron chi connectivity index (χ0n) is 23.2. The van der Waals surface area contributed by atoms with E-state index in [1.807, 2.05) is 30.3 Å². The number of rotatable bonds is 20. The Morgan fingerprint density at radius 3 is 2.11 bits per heavy atom. The van der Waals surface area contributed by atoms with Crippen molar-refractivity contribution in [1.82, 2.24) is 15.5 Å². The molecule has 37 heavy (non-hydrogen) atoms. The first-order valence-corrected chi connectivity index (χ1v) is 14.6. The Hall–Kier alpha value is -1.96. The van der Waals surface area contributed by atoms with E-state index in [2.05, 4.69) is 22.5 Å². The van der Waals surface area contributed by atoms with Gasteiger partial charge in [0.05, 0.1) is 12.2 Å². The van der Waals surface area contributed by atoms with Crippen LogP contribution in [-0.2, 0) is 16.0 Å². The third-order valence-corrected chi connectivity index (χ3v) is 7.15. The number of unbranched alkanes of at least 4 members (excludes halogenated alkanes) is 8. The summed E-state index contributed by atoms with van der Waals surface area (Å²) >= 11 is 0. The summed E-state index contributed by atoms with van der Waals surface area (Å²) in [4.78, 5) is 27.2. The quantitative estimate of drug-likeness (QED) is 0.196. The van der Waals surface area contributed by atoms with Gasteiger partial charge in [0.15, 0.2) is 0 Å². The van der Waals surface area contributed by atoms with Gasteiger partial charge in [-0.1, -0.05) is 88.6 Å². The van der Waals surface area contributed by atoms with Crippen LogP contribution >= 0.6 is 0 Å². The summed E-state index contributed by atoms with van der Waals surface area (Å²) in [5.74, 6) is -0.254. The van der Waals surface area contributed by atoms with E-state index in [0.29, 0.717) is 25.9 Å². The minimum absolute atomic E-state index is 0.123. The Bertz CT molecular complexity index is 758. The normalized spacial score (nSPS) is 19.5. The molecular weight excluding hydrogens is 466 g/mol. The van der Waals surface area contributed by atoms with Crippen LogP contribution in [0.5, 0.6) is 0 Å². The van der Waals surface area contributed by atoms with E-state index in [4.69, 9.17) is 0 Å². The molecule has 0 aliphatic carbocycles. The fourth-order valence-electron chi connectivity index (χ4n) is 5.09. The summed E-state index contributed by atoms with van der Waals surface area (Å²) in [5.41, 5.74) is 1.02. The lowest BCUT2D eigenvalue weighted by Gasteiger charge is -2.30. The van der Waals surface area contributed by atoms with Gasteiger partial charge in [0.25, 0.3) is 0 Å². The second-order valence-electron chi connectivity index (χ2n) is 10.8. The summed E-state index contributed by atoms with van der Waals surface area (Å²) in [6, 6.07) is 8.66. The zero-order valence-corrected chi connectivity index (χ0v) is 23.2. The molecule has 0 aromatic heterocycles. The average Bonchev–Trinajstić information content (AvgIpc) is 2.86. The molecule has 0 spiro atoms. The monoisotopic (exact) mass is 517 g/mol. The van der Waals surface area contributed by atoms with Crippen molar-refractivity contribution in [3.8, 4) is 0 Å². The van der Waals surface area contributed by atoms with Gasteiger partial charge in [-0.15, -0.1) is 0 Å². The van der Waals surface area contributed by atoms with Gasteiger partial charge in [-0.3, -0.25) is 14.5 Å². The van der Waals surface area contributed by atoms with Crippen molar-refractivity contribution in [2.75, 3.05) is 19.6 Å². The van der Waals surface area contributed by atoms with Crippen molar-refractivity contribution < 1.29 is 19.8 Å². The van der Waals surface area contributed by atoms with Gasteiger partial charge in [-0.25, -0.2) is 0 Å². The van der Waals surface area contributed by atoms with Crippen LogP contribution in [0.2, 0.25) is 0 Å². The molecule has 1 aliphatic heterocycles. The number of aliphatic hydroxyl groups is 2. The first-order valence-electron chi connectivity index (χ1n) is 14.6. The molecule has 1 fully saturated rings. The van der Waals surface area contributed by atoms with Crippen molar-refractivity contribution in [1.29, 1.82) is 0 Å². The van der Waals surface area contributed by atoms with Crippen molar-refractivity contribution in [3.63, 3.8) is 0 Å². The van der Waals surface area contributed by atoms with Crippen LogP contribution in [0.1, 0.15) is 96.5 Å². The summed E-state index contributed by atoms with van der Waals surface area (Å²) in [6.07, 6.45) is 12.6. The van der Waals surface area contributed by atoms with Gasteiger partial charge in [-0.2, -0.15) is 0 Å². The molecule has 7 heteroatoms. The third kappa shape index (κ3) is 13.4. The van der Waals surface area contributed by atoms with Crippen molar-refractivity contribution in [3.05, 3.63) is 35.9 Å². The SMILES string of the molecule is CCCCCCCCCCC(O)CN(CCCCC1NC(=O)C(Cc2ccccc2)NC1=O)CC(C)O. The molecule has 210 valence electrons. The highest BCUT2D eigenvalue weighted by molar-refractivity contribution is 5.97. The van der Waals surface area contributed by atoms with Crippen LogP contribution < -0.4 is 10.6 Å². The lowest BCUT2D eigenvalue weighted by Crippen LogP contribution is -2.62. The van der Waals surface area contributed by atoms with Crippen LogP contribution in [0.25, 0.3) is 0 Å². The molecule has 2 rings (SSSR count). The largest absolute Gasteiger partial charge is 0.392 e. The number of piperazine rings is 1. The Morgan fingerprint density at radius 1 is 0.811 bits per heavy atom.